The van der Waals surface area contributed by atoms with E-state index in [0.29, 0.717) is 30.3 Å². The summed E-state index contributed by atoms with van der Waals surface area (Å²) in [5.74, 6) is 0.633. The van der Waals surface area contributed by atoms with E-state index in [9.17, 15) is 9.59 Å². The van der Waals surface area contributed by atoms with E-state index in [1.807, 2.05) is 12.3 Å². The van der Waals surface area contributed by atoms with Gasteiger partial charge in [-0.3, -0.25) is 14.5 Å². The second-order valence-corrected chi connectivity index (χ2v) is 6.28. The van der Waals surface area contributed by atoms with Crippen molar-refractivity contribution >= 4 is 28.3 Å². The zero-order valence-corrected chi connectivity index (χ0v) is 14.3. The quantitative estimate of drug-likeness (QED) is 0.808. The number of aromatic nitrogens is 1. The maximum Gasteiger partial charge on any atom is 0.261 e. The Morgan fingerprint density at radius 1 is 1.38 bits per heavy atom. The van der Waals surface area contributed by atoms with Crippen molar-refractivity contribution in [1.82, 2.24) is 9.88 Å². The van der Waals surface area contributed by atoms with Crippen LogP contribution in [0.2, 0.25) is 0 Å². The molecule has 0 radical (unpaired) electrons. The number of carbonyl (C=O) groups excluding carboxylic acids is 2. The number of likely N-dealkylation sites (tertiary alicyclic amines) is 1. The molecule has 0 unspecified atom stereocenters. The van der Waals surface area contributed by atoms with Gasteiger partial charge in [-0.15, -0.1) is 11.3 Å². The van der Waals surface area contributed by atoms with E-state index in [1.165, 1.54) is 11.3 Å². The highest BCUT2D eigenvalue weighted by molar-refractivity contribution is 7.13. The molecule has 1 saturated heterocycles. The summed E-state index contributed by atoms with van der Waals surface area (Å²) in [4.78, 5) is 32.3. The van der Waals surface area contributed by atoms with Crippen LogP contribution in [0.4, 0.5) is 5.13 Å². The molecule has 0 bridgehead atoms. The maximum absolute atomic E-state index is 12.9. The number of hydrogen-bond donors (Lipinski definition) is 0. The minimum atomic E-state index is -0.173. The zero-order valence-electron chi connectivity index (χ0n) is 13.5. The Balaban J connectivity index is 1.81. The second kappa shape index (κ2) is 7.44. The molecule has 1 aliphatic heterocycles. The molecule has 1 aromatic carbocycles. The first-order valence-electron chi connectivity index (χ1n) is 7.91. The van der Waals surface area contributed by atoms with Crippen LogP contribution in [0, 0.1) is 0 Å². The van der Waals surface area contributed by atoms with Gasteiger partial charge >= 0.3 is 0 Å². The molecular formula is C17H19N3O3S. The molecular weight excluding hydrogens is 326 g/mol. The minimum absolute atomic E-state index is 0.0797. The van der Waals surface area contributed by atoms with Crippen LogP contribution >= 0.6 is 11.3 Å². The Labute approximate surface area is 144 Å². The van der Waals surface area contributed by atoms with Gasteiger partial charge in [0.25, 0.3) is 5.91 Å². The number of amides is 2. The molecule has 0 spiro atoms. The van der Waals surface area contributed by atoms with Crippen LogP contribution in [0.25, 0.3) is 0 Å². The molecule has 1 aromatic heterocycles. The van der Waals surface area contributed by atoms with Gasteiger partial charge in [0.2, 0.25) is 5.91 Å². The molecule has 3 rings (SSSR count). The SMILES string of the molecule is CCOc1ccc(C(=O)N(CN2CCCC2=O)c2nccs2)cc1. The molecule has 0 N–H and O–H groups in total. The van der Waals surface area contributed by atoms with Gasteiger partial charge in [0.1, 0.15) is 12.4 Å². The normalized spacial score (nSPS) is 14.0. The smallest absolute Gasteiger partial charge is 0.261 e. The number of thiazole rings is 1. The Morgan fingerprint density at radius 2 is 2.17 bits per heavy atom. The average Bonchev–Trinajstić information content (AvgIpc) is 3.25. The summed E-state index contributed by atoms with van der Waals surface area (Å²) in [6, 6.07) is 7.02. The topological polar surface area (TPSA) is 62.7 Å². The maximum atomic E-state index is 12.9. The molecule has 7 heteroatoms. The molecule has 2 heterocycles. The number of nitrogens with zero attached hydrogens (tertiary/aromatic N) is 3. The highest BCUT2D eigenvalue weighted by Crippen LogP contribution is 2.23. The van der Waals surface area contributed by atoms with Crippen molar-refractivity contribution in [2.75, 3.05) is 24.7 Å². The van der Waals surface area contributed by atoms with Gasteiger partial charge in [-0.2, -0.15) is 0 Å². The van der Waals surface area contributed by atoms with Crippen LogP contribution < -0.4 is 9.64 Å². The van der Waals surface area contributed by atoms with Gasteiger partial charge in [-0.05, 0) is 37.6 Å². The molecule has 0 aliphatic carbocycles. The summed E-state index contributed by atoms with van der Waals surface area (Å²) in [6.07, 6.45) is 3.04. The predicted octanol–water partition coefficient (Wildman–Crippen LogP) is 2.77. The van der Waals surface area contributed by atoms with E-state index >= 15 is 0 Å². The third-order valence-corrected chi connectivity index (χ3v) is 4.59. The van der Waals surface area contributed by atoms with Crippen molar-refractivity contribution in [2.45, 2.75) is 19.8 Å². The van der Waals surface area contributed by atoms with Crippen molar-refractivity contribution < 1.29 is 14.3 Å². The monoisotopic (exact) mass is 345 g/mol. The third kappa shape index (κ3) is 3.56. The van der Waals surface area contributed by atoms with Crippen molar-refractivity contribution in [3.8, 4) is 5.75 Å². The number of ether oxygens (including phenoxy) is 1. The lowest BCUT2D eigenvalue weighted by Crippen LogP contribution is -2.42. The Bertz CT molecular complexity index is 700. The second-order valence-electron chi connectivity index (χ2n) is 5.41. The molecule has 2 aromatic rings. The van der Waals surface area contributed by atoms with E-state index in [4.69, 9.17) is 4.74 Å². The van der Waals surface area contributed by atoms with Gasteiger partial charge in [0, 0.05) is 30.1 Å². The van der Waals surface area contributed by atoms with E-state index in [0.717, 1.165) is 12.2 Å². The van der Waals surface area contributed by atoms with Crippen LogP contribution in [-0.4, -0.2) is 41.5 Å². The highest BCUT2D eigenvalue weighted by Gasteiger charge is 2.27. The fourth-order valence-corrected chi connectivity index (χ4v) is 3.23. The first kappa shape index (κ1) is 16.4. The minimum Gasteiger partial charge on any atom is -0.494 e. The number of rotatable bonds is 6. The first-order valence-corrected chi connectivity index (χ1v) is 8.79. The lowest BCUT2D eigenvalue weighted by molar-refractivity contribution is -0.127. The van der Waals surface area contributed by atoms with Crippen LogP contribution in [-0.2, 0) is 4.79 Å². The molecule has 0 saturated carbocycles. The number of hydrogen-bond acceptors (Lipinski definition) is 5. The largest absolute Gasteiger partial charge is 0.494 e. The molecule has 1 fully saturated rings. The highest BCUT2D eigenvalue weighted by atomic mass is 32.1. The van der Waals surface area contributed by atoms with Gasteiger partial charge in [-0.25, -0.2) is 4.98 Å². The fourth-order valence-electron chi connectivity index (χ4n) is 2.60. The molecule has 2 amide bonds. The lowest BCUT2D eigenvalue weighted by atomic mass is 10.2. The number of carbonyl (C=O) groups is 2. The van der Waals surface area contributed by atoms with Crippen molar-refractivity contribution in [3.63, 3.8) is 0 Å². The van der Waals surface area contributed by atoms with E-state index in [2.05, 4.69) is 4.98 Å². The van der Waals surface area contributed by atoms with E-state index in [1.54, 1.807) is 40.3 Å². The molecule has 0 atom stereocenters. The third-order valence-electron chi connectivity index (χ3n) is 3.79. The Kier molecular flexibility index (Phi) is 5.10. The van der Waals surface area contributed by atoms with E-state index in [-0.39, 0.29) is 18.5 Å². The van der Waals surface area contributed by atoms with Gasteiger partial charge in [-0.1, -0.05) is 0 Å². The molecule has 24 heavy (non-hydrogen) atoms. The van der Waals surface area contributed by atoms with Gasteiger partial charge in [0.15, 0.2) is 5.13 Å². The van der Waals surface area contributed by atoms with Crippen LogP contribution in [0.15, 0.2) is 35.8 Å². The Morgan fingerprint density at radius 3 is 2.75 bits per heavy atom. The zero-order chi connectivity index (χ0) is 16.9. The summed E-state index contributed by atoms with van der Waals surface area (Å²) in [5.41, 5.74) is 0.542. The van der Waals surface area contributed by atoms with Crippen LogP contribution in [0.5, 0.6) is 5.75 Å². The van der Waals surface area contributed by atoms with E-state index < -0.39 is 0 Å². The van der Waals surface area contributed by atoms with Crippen molar-refractivity contribution in [1.29, 1.82) is 0 Å². The first-order chi connectivity index (χ1) is 11.7. The van der Waals surface area contributed by atoms with Crippen LogP contribution in [0.1, 0.15) is 30.1 Å². The van der Waals surface area contributed by atoms with Gasteiger partial charge in [0.05, 0.1) is 6.61 Å². The number of anilines is 1. The Hall–Kier alpha value is -2.41. The summed E-state index contributed by atoms with van der Waals surface area (Å²) in [6.45, 7) is 3.40. The number of benzene rings is 1. The summed E-state index contributed by atoms with van der Waals surface area (Å²) in [7, 11) is 0. The van der Waals surface area contributed by atoms with Crippen molar-refractivity contribution in [2.24, 2.45) is 0 Å². The molecule has 6 nitrogen and oxygen atoms in total. The summed E-state index contributed by atoms with van der Waals surface area (Å²) in [5, 5.41) is 2.41. The summed E-state index contributed by atoms with van der Waals surface area (Å²) < 4.78 is 5.41. The average molecular weight is 345 g/mol. The standard InChI is InChI=1S/C17H19N3O3S/c1-2-23-14-7-5-13(6-8-14)16(22)20(17-18-9-11-24-17)12-19-10-3-4-15(19)21/h5-9,11H,2-4,10,12H2,1H3. The summed E-state index contributed by atoms with van der Waals surface area (Å²) >= 11 is 1.38. The predicted molar refractivity (Wildman–Crippen MR) is 92.3 cm³/mol. The van der Waals surface area contributed by atoms with Crippen molar-refractivity contribution in [3.05, 3.63) is 41.4 Å². The van der Waals surface area contributed by atoms with Gasteiger partial charge < -0.3 is 9.64 Å². The fraction of sp³-hybridized carbons (Fsp3) is 0.353. The lowest BCUT2D eigenvalue weighted by Gasteiger charge is -2.26. The molecule has 1 aliphatic rings. The molecule has 126 valence electrons. The van der Waals surface area contributed by atoms with Crippen LogP contribution in [0.3, 0.4) is 0 Å².